The Morgan fingerprint density at radius 3 is 2.64 bits per heavy atom. The van der Waals surface area contributed by atoms with Gasteiger partial charge < -0.3 is 15.7 Å². The lowest BCUT2D eigenvalue weighted by atomic mass is 9.97. The van der Waals surface area contributed by atoms with Gasteiger partial charge >= 0.3 is 0 Å². The van der Waals surface area contributed by atoms with Crippen LogP contribution in [0.4, 0.5) is 0 Å². The van der Waals surface area contributed by atoms with Gasteiger partial charge in [-0.3, -0.25) is 0 Å². The highest BCUT2D eigenvalue weighted by Crippen LogP contribution is 2.32. The van der Waals surface area contributed by atoms with Crippen molar-refractivity contribution in [3.05, 3.63) is 0 Å². The van der Waals surface area contributed by atoms with E-state index in [4.69, 9.17) is 0 Å². The monoisotopic (exact) mass is 156 g/mol. The molecule has 2 heterocycles. The predicted octanol–water partition coefficient (Wildman–Crippen LogP) is -0.539. The van der Waals surface area contributed by atoms with Crippen molar-refractivity contribution in [3.8, 4) is 0 Å². The van der Waals surface area contributed by atoms with Gasteiger partial charge in [-0.25, -0.2) is 0 Å². The molecule has 2 unspecified atom stereocenters. The first kappa shape index (κ1) is 7.53. The van der Waals surface area contributed by atoms with E-state index in [0.29, 0.717) is 0 Å². The number of aliphatic hydroxyl groups is 1. The molecule has 11 heavy (non-hydrogen) atoms. The number of aliphatic hydroxyl groups excluding tert-OH is 1. The highest BCUT2D eigenvalue weighted by atomic mass is 16.3. The zero-order valence-corrected chi connectivity index (χ0v) is 7.15. The summed E-state index contributed by atoms with van der Waals surface area (Å²) in [5, 5.41) is 16.5. The Kier molecular flexibility index (Phi) is 1.35. The van der Waals surface area contributed by atoms with Crippen molar-refractivity contribution in [1.82, 2.24) is 10.6 Å². The van der Waals surface area contributed by atoms with Crippen molar-refractivity contribution in [2.45, 2.75) is 37.5 Å². The summed E-state index contributed by atoms with van der Waals surface area (Å²) in [6.07, 6.45) is 0.679. The van der Waals surface area contributed by atoms with Crippen LogP contribution in [0.3, 0.4) is 0 Å². The minimum Gasteiger partial charge on any atom is -0.391 e. The van der Waals surface area contributed by atoms with Gasteiger partial charge in [0.1, 0.15) is 0 Å². The van der Waals surface area contributed by atoms with E-state index in [9.17, 15) is 5.11 Å². The van der Waals surface area contributed by atoms with Crippen LogP contribution in [0.2, 0.25) is 0 Å². The molecule has 0 radical (unpaired) electrons. The Hall–Kier alpha value is -0.120. The lowest BCUT2D eigenvalue weighted by Gasteiger charge is -2.38. The molecule has 3 nitrogen and oxygen atoms in total. The van der Waals surface area contributed by atoms with Gasteiger partial charge in [-0.1, -0.05) is 0 Å². The molecule has 3 atom stereocenters. The fourth-order valence-corrected chi connectivity index (χ4v) is 2.35. The number of hydrogen-bond donors (Lipinski definition) is 3. The summed E-state index contributed by atoms with van der Waals surface area (Å²) in [6, 6.07) is 0. The Balaban J connectivity index is 2.26. The van der Waals surface area contributed by atoms with E-state index in [0.717, 1.165) is 19.5 Å². The summed E-state index contributed by atoms with van der Waals surface area (Å²) in [7, 11) is 0. The normalized spacial score (nSPS) is 56.5. The smallest absolute Gasteiger partial charge is 0.0749 e. The first-order chi connectivity index (χ1) is 5.04. The first-order valence-electron chi connectivity index (χ1n) is 4.22. The molecule has 0 aromatic rings. The van der Waals surface area contributed by atoms with Gasteiger partial charge in [0.05, 0.1) is 11.6 Å². The fraction of sp³-hybridized carbons (Fsp3) is 1.00. The van der Waals surface area contributed by atoms with Crippen LogP contribution < -0.4 is 10.6 Å². The summed E-state index contributed by atoms with van der Waals surface area (Å²) >= 11 is 0. The lowest BCUT2D eigenvalue weighted by Crippen LogP contribution is -2.63. The zero-order chi connectivity index (χ0) is 8.11. The van der Waals surface area contributed by atoms with Crippen molar-refractivity contribution in [1.29, 1.82) is 0 Å². The molecule has 64 valence electrons. The van der Waals surface area contributed by atoms with Gasteiger partial charge in [-0.05, 0) is 20.3 Å². The lowest BCUT2D eigenvalue weighted by molar-refractivity contribution is 0.107. The van der Waals surface area contributed by atoms with E-state index in [1.54, 1.807) is 0 Å². The number of nitrogens with one attached hydrogen (secondary N) is 2. The molecule has 3 N–H and O–H groups in total. The van der Waals surface area contributed by atoms with E-state index >= 15 is 0 Å². The summed E-state index contributed by atoms with van der Waals surface area (Å²) < 4.78 is 0. The molecular weight excluding hydrogens is 140 g/mol. The summed E-state index contributed by atoms with van der Waals surface area (Å²) in [6.45, 7) is 6.09. The molecule has 2 bridgehead atoms. The van der Waals surface area contributed by atoms with Crippen LogP contribution in [-0.4, -0.2) is 35.4 Å². The summed E-state index contributed by atoms with van der Waals surface area (Å²) in [5.74, 6) is 0. The van der Waals surface area contributed by atoms with Crippen LogP contribution in [-0.2, 0) is 0 Å². The van der Waals surface area contributed by atoms with E-state index in [-0.39, 0.29) is 17.2 Å². The maximum Gasteiger partial charge on any atom is 0.0749 e. The van der Waals surface area contributed by atoms with E-state index < -0.39 is 0 Å². The van der Waals surface area contributed by atoms with E-state index in [1.807, 2.05) is 0 Å². The first-order valence-corrected chi connectivity index (χ1v) is 4.22. The molecule has 0 amide bonds. The van der Waals surface area contributed by atoms with Crippen LogP contribution in [0.15, 0.2) is 0 Å². The Labute approximate surface area is 67.2 Å². The van der Waals surface area contributed by atoms with Crippen molar-refractivity contribution in [2.24, 2.45) is 0 Å². The van der Waals surface area contributed by atoms with Gasteiger partial charge in [-0.2, -0.15) is 0 Å². The molecule has 0 aromatic heterocycles. The SMILES string of the molecule is CC12CNC[C@](C)(N1)C(O)C2. The molecule has 0 saturated carbocycles. The molecule has 0 aromatic carbocycles. The molecule has 0 spiro atoms. The Morgan fingerprint density at radius 1 is 1.36 bits per heavy atom. The third kappa shape index (κ3) is 0.991. The Bertz CT molecular complexity index is 185. The largest absolute Gasteiger partial charge is 0.391 e. The second kappa shape index (κ2) is 1.97. The van der Waals surface area contributed by atoms with Gasteiger partial charge in [0.2, 0.25) is 0 Å². The molecule has 2 aliphatic heterocycles. The quantitative estimate of drug-likeness (QED) is 0.441. The highest BCUT2D eigenvalue weighted by molar-refractivity contribution is 5.12. The second-order valence-electron chi connectivity index (χ2n) is 4.43. The Morgan fingerprint density at radius 2 is 2.09 bits per heavy atom. The van der Waals surface area contributed by atoms with Gasteiger partial charge in [-0.15, -0.1) is 0 Å². The number of piperazine rings is 1. The molecule has 3 heteroatoms. The second-order valence-corrected chi connectivity index (χ2v) is 4.43. The van der Waals surface area contributed by atoms with E-state index in [1.165, 1.54) is 0 Å². The predicted molar refractivity (Wildman–Crippen MR) is 43.4 cm³/mol. The van der Waals surface area contributed by atoms with Gasteiger partial charge in [0.25, 0.3) is 0 Å². The number of fused-ring (bicyclic) bond motifs is 2. The topological polar surface area (TPSA) is 44.3 Å². The van der Waals surface area contributed by atoms with Crippen molar-refractivity contribution < 1.29 is 5.11 Å². The zero-order valence-electron chi connectivity index (χ0n) is 7.15. The molecule has 0 aliphatic carbocycles. The van der Waals surface area contributed by atoms with Crippen molar-refractivity contribution >= 4 is 0 Å². The van der Waals surface area contributed by atoms with Crippen LogP contribution in [0.1, 0.15) is 20.3 Å². The third-order valence-corrected chi connectivity index (χ3v) is 2.97. The summed E-state index contributed by atoms with van der Waals surface area (Å²) in [5.41, 5.74) is 0.0272. The average Bonchev–Trinajstić information content (AvgIpc) is 1.99. The number of rotatable bonds is 0. The molecule has 2 saturated heterocycles. The average molecular weight is 156 g/mol. The molecular formula is C8H16N2O. The molecule has 2 aliphatic rings. The van der Waals surface area contributed by atoms with E-state index in [2.05, 4.69) is 24.5 Å². The van der Waals surface area contributed by atoms with Crippen molar-refractivity contribution in [2.75, 3.05) is 13.1 Å². The fourth-order valence-electron chi connectivity index (χ4n) is 2.35. The number of hydrogen-bond acceptors (Lipinski definition) is 3. The molecule has 2 fully saturated rings. The van der Waals surface area contributed by atoms with Crippen LogP contribution in [0.5, 0.6) is 0 Å². The van der Waals surface area contributed by atoms with Gasteiger partial charge in [0.15, 0.2) is 0 Å². The minimum absolute atomic E-state index is 0.0903. The van der Waals surface area contributed by atoms with Crippen LogP contribution in [0, 0.1) is 0 Å². The third-order valence-electron chi connectivity index (χ3n) is 2.97. The van der Waals surface area contributed by atoms with Crippen molar-refractivity contribution in [3.63, 3.8) is 0 Å². The van der Waals surface area contributed by atoms with Gasteiger partial charge in [0, 0.05) is 18.6 Å². The minimum atomic E-state index is -0.192. The summed E-state index contributed by atoms with van der Waals surface area (Å²) in [4.78, 5) is 0. The van der Waals surface area contributed by atoms with Crippen LogP contribution >= 0.6 is 0 Å². The standard InChI is InChI=1S/C8H16N2O/c1-7-3-6(11)8(2,10-7)5-9-4-7/h6,9-11H,3-5H2,1-2H3/t6?,7?,8-/m0/s1. The van der Waals surface area contributed by atoms with Crippen LogP contribution in [0.25, 0.3) is 0 Å². The maximum atomic E-state index is 9.72. The maximum absolute atomic E-state index is 9.72. The molecule has 2 rings (SSSR count). The highest BCUT2D eigenvalue weighted by Gasteiger charge is 2.51.